The first-order valence-corrected chi connectivity index (χ1v) is 7.79. The second-order valence-electron chi connectivity index (χ2n) is 7.09. The van der Waals surface area contributed by atoms with E-state index >= 15 is 0 Å². The molecule has 0 heterocycles. The van der Waals surface area contributed by atoms with E-state index in [9.17, 15) is 14.7 Å². The van der Waals surface area contributed by atoms with Crippen molar-refractivity contribution in [3.8, 4) is 0 Å². The minimum atomic E-state index is -0.856. The van der Waals surface area contributed by atoms with Gasteiger partial charge in [-0.05, 0) is 37.7 Å². The minimum absolute atomic E-state index is 0.0497. The van der Waals surface area contributed by atoms with Gasteiger partial charge in [0.1, 0.15) is 0 Å². The van der Waals surface area contributed by atoms with Crippen LogP contribution in [0.4, 0.5) is 0 Å². The molecule has 2 rings (SSSR count). The number of nitrogens with one attached hydrogen (secondary N) is 1. The van der Waals surface area contributed by atoms with Crippen LogP contribution in [0.25, 0.3) is 0 Å². The lowest BCUT2D eigenvalue weighted by atomic mass is 9.65. The maximum absolute atomic E-state index is 12.7. The van der Waals surface area contributed by atoms with Gasteiger partial charge < -0.3 is 10.4 Å². The SMILES string of the molecule is C[C@H](NC(=O)[C@H]1CC[C@](C)(C(=O)O)C1(C)C)c1ccccc1. The number of carbonyl (C=O) groups excluding carboxylic acids is 1. The summed E-state index contributed by atoms with van der Waals surface area (Å²) < 4.78 is 0. The molecule has 1 saturated carbocycles. The van der Waals surface area contributed by atoms with E-state index in [1.54, 1.807) is 6.92 Å². The van der Waals surface area contributed by atoms with Crippen molar-refractivity contribution < 1.29 is 14.7 Å². The molecule has 1 aromatic carbocycles. The quantitative estimate of drug-likeness (QED) is 0.896. The molecule has 4 nitrogen and oxygen atoms in total. The van der Waals surface area contributed by atoms with Crippen LogP contribution in [0.1, 0.15) is 52.1 Å². The predicted molar refractivity (Wildman–Crippen MR) is 85.2 cm³/mol. The zero-order valence-electron chi connectivity index (χ0n) is 13.7. The average Bonchev–Trinajstić information content (AvgIpc) is 2.71. The number of hydrogen-bond donors (Lipinski definition) is 2. The van der Waals surface area contributed by atoms with Gasteiger partial charge in [0.15, 0.2) is 0 Å². The summed E-state index contributed by atoms with van der Waals surface area (Å²) in [4.78, 5) is 24.3. The van der Waals surface area contributed by atoms with Crippen LogP contribution < -0.4 is 5.32 Å². The topological polar surface area (TPSA) is 66.4 Å². The molecule has 22 heavy (non-hydrogen) atoms. The first-order valence-electron chi connectivity index (χ1n) is 7.79. The Bertz CT molecular complexity index is 567. The summed E-state index contributed by atoms with van der Waals surface area (Å²) in [5, 5.41) is 12.6. The Morgan fingerprint density at radius 2 is 1.82 bits per heavy atom. The lowest BCUT2D eigenvalue weighted by Crippen LogP contribution is -2.45. The van der Waals surface area contributed by atoms with Crippen LogP contribution in [0.2, 0.25) is 0 Å². The van der Waals surface area contributed by atoms with Gasteiger partial charge in [0.2, 0.25) is 5.91 Å². The molecule has 0 aromatic heterocycles. The van der Waals surface area contributed by atoms with E-state index in [1.807, 2.05) is 51.1 Å². The summed E-state index contributed by atoms with van der Waals surface area (Å²) in [6, 6.07) is 9.70. The summed E-state index contributed by atoms with van der Waals surface area (Å²) in [6.07, 6.45) is 1.15. The van der Waals surface area contributed by atoms with Crippen molar-refractivity contribution in [1.82, 2.24) is 5.32 Å². The molecule has 0 aliphatic heterocycles. The maximum Gasteiger partial charge on any atom is 0.309 e. The van der Waals surface area contributed by atoms with Gasteiger partial charge >= 0.3 is 5.97 Å². The Labute approximate surface area is 131 Å². The molecular formula is C18H25NO3. The monoisotopic (exact) mass is 303 g/mol. The second-order valence-corrected chi connectivity index (χ2v) is 7.09. The zero-order valence-corrected chi connectivity index (χ0v) is 13.7. The number of carboxylic acids is 1. The van der Waals surface area contributed by atoms with Gasteiger partial charge in [-0.15, -0.1) is 0 Å². The van der Waals surface area contributed by atoms with Gasteiger partial charge in [-0.25, -0.2) is 0 Å². The Hall–Kier alpha value is -1.84. The fourth-order valence-corrected chi connectivity index (χ4v) is 3.48. The fourth-order valence-electron chi connectivity index (χ4n) is 3.48. The lowest BCUT2D eigenvalue weighted by Gasteiger charge is -2.38. The summed E-state index contributed by atoms with van der Waals surface area (Å²) in [7, 11) is 0. The molecule has 1 aliphatic rings. The molecule has 1 aliphatic carbocycles. The van der Waals surface area contributed by atoms with E-state index in [0.29, 0.717) is 12.8 Å². The number of aliphatic carboxylic acids is 1. The van der Waals surface area contributed by atoms with Crippen LogP contribution in [0, 0.1) is 16.7 Å². The van der Waals surface area contributed by atoms with Gasteiger partial charge in [-0.3, -0.25) is 9.59 Å². The van der Waals surface area contributed by atoms with Gasteiger partial charge in [-0.2, -0.15) is 0 Å². The van der Waals surface area contributed by atoms with Gasteiger partial charge in [0.25, 0.3) is 0 Å². The molecule has 3 atom stereocenters. The average molecular weight is 303 g/mol. The van der Waals surface area contributed by atoms with Crippen LogP contribution in [-0.4, -0.2) is 17.0 Å². The van der Waals surface area contributed by atoms with Crippen molar-refractivity contribution in [3.63, 3.8) is 0 Å². The number of carbonyl (C=O) groups is 2. The van der Waals surface area contributed by atoms with Crippen LogP contribution in [0.5, 0.6) is 0 Å². The number of rotatable bonds is 4. The van der Waals surface area contributed by atoms with E-state index in [4.69, 9.17) is 0 Å². The molecular weight excluding hydrogens is 278 g/mol. The van der Waals surface area contributed by atoms with E-state index in [1.165, 1.54) is 0 Å². The Morgan fingerprint density at radius 1 is 1.23 bits per heavy atom. The van der Waals surface area contributed by atoms with Gasteiger partial charge in [0.05, 0.1) is 11.5 Å². The predicted octanol–water partition coefficient (Wildman–Crippen LogP) is 3.39. The summed E-state index contributed by atoms with van der Waals surface area (Å²) >= 11 is 0. The molecule has 0 bridgehead atoms. The minimum Gasteiger partial charge on any atom is -0.481 e. The molecule has 120 valence electrons. The molecule has 4 heteroatoms. The normalized spacial score (nSPS) is 28.1. The van der Waals surface area contributed by atoms with E-state index in [2.05, 4.69) is 5.32 Å². The van der Waals surface area contributed by atoms with Crippen molar-refractivity contribution in [2.45, 2.75) is 46.6 Å². The van der Waals surface area contributed by atoms with E-state index < -0.39 is 16.8 Å². The van der Waals surface area contributed by atoms with Gasteiger partial charge in [-0.1, -0.05) is 44.2 Å². The second kappa shape index (κ2) is 5.75. The first kappa shape index (κ1) is 16.5. The Kier molecular flexibility index (Phi) is 4.32. The van der Waals surface area contributed by atoms with Crippen molar-refractivity contribution >= 4 is 11.9 Å². The fraction of sp³-hybridized carbons (Fsp3) is 0.556. The molecule has 0 unspecified atom stereocenters. The highest BCUT2D eigenvalue weighted by atomic mass is 16.4. The highest BCUT2D eigenvalue weighted by Gasteiger charge is 2.58. The summed E-state index contributed by atoms with van der Waals surface area (Å²) in [5.74, 6) is -1.14. The lowest BCUT2D eigenvalue weighted by molar-refractivity contribution is -0.155. The van der Waals surface area contributed by atoms with Crippen molar-refractivity contribution in [1.29, 1.82) is 0 Å². The van der Waals surface area contributed by atoms with Gasteiger partial charge in [0, 0.05) is 5.92 Å². The molecule has 0 spiro atoms. The Balaban J connectivity index is 2.13. The first-order chi connectivity index (χ1) is 10.2. The van der Waals surface area contributed by atoms with Crippen molar-refractivity contribution in [2.75, 3.05) is 0 Å². The van der Waals surface area contributed by atoms with Crippen LogP contribution in [0.15, 0.2) is 30.3 Å². The molecule has 2 N–H and O–H groups in total. The Morgan fingerprint density at radius 3 is 2.32 bits per heavy atom. The van der Waals surface area contributed by atoms with Crippen LogP contribution in [0.3, 0.4) is 0 Å². The highest BCUT2D eigenvalue weighted by molar-refractivity contribution is 5.84. The molecule has 0 saturated heterocycles. The van der Waals surface area contributed by atoms with Crippen molar-refractivity contribution in [2.24, 2.45) is 16.7 Å². The third-order valence-electron chi connectivity index (χ3n) is 5.67. The maximum atomic E-state index is 12.7. The zero-order chi connectivity index (χ0) is 16.5. The molecule has 1 fully saturated rings. The highest BCUT2D eigenvalue weighted by Crippen LogP contribution is 2.56. The number of benzene rings is 1. The van der Waals surface area contributed by atoms with Crippen molar-refractivity contribution in [3.05, 3.63) is 35.9 Å². The summed E-state index contributed by atoms with van der Waals surface area (Å²) in [5.41, 5.74) is -0.378. The smallest absolute Gasteiger partial charge is 0.309 e. The molecule has 0 radical (unpaired) electrons. The summed E-state index contributed by atoms with van der Waals surface area (Å²) in [6.45, 7) is 7.49. The number of hydrogen-bond acceptors (Lipinski definition) is 2. The van der Waals surface area contributed by atoms with E-state index in [-0.39, 0.29) is 17.9 Å². The third kappa shape index (κ3) is 2.62. The number of amides is 1. The standard InChI is InChI=1S/C18H25NO3/c1-12(13-8-6-5-7-9-13)19-15(20)14-10-11-18(4,16(21)22)17(14,2)3/h5-9,12,14H,10-11H2,1-4H3,(H,19,20)(H,21,22)/t12-,14+,18+/m0/s1. The van der Waals surface area contributed by atoms with E-state index in [0.717, 1.165) is 5.56 Å². The van der Waals surface area contributed by atoms with Crippen LogP contribution in [-0.2, 0) is 9.59 Å². The molecule has 1 amide bonds. The van der Waals surface area contributed by atoms with Crippen LogP contribution >= 0.6 is 0 Å². The third-order valence-corrected chi connectivity index (χ3v) is 5.67. The number of carboxylic acid groups (broad SMARTS) is 1. The largest absolute Gasteiger partial charge is 0.481 e. The molecule has 1 aromatic rings.